The largest absolute Gasteiger partial charge is 0.493 e. The summed E-state index contributed by atoms with van der Waals surface area (Å²) >= 11 is 0. The fourth-order valence-corrected chi connectivity index (χ4v) is 4.08. The molecule has 0 aliphatic carbocycles. The van der Waals surface area contributed by atoms with Crippen molar-refractivity contribution in [2.75, 3.05) is 13.2 Å². The average Bonchev–Trinajstić information content (AvgIpc) is 3.37. The minimum Gasteiger partial charge on any atom is -0.493 e. The van der Waals surface area contributed by atoms with Crippen LogP contribution in [0.1, 0.15) is 35.2 Å². The molecule has 1 fully saturated rings. The molecule has 2 aliphatic rings. The Hall–Kier alpha value is -2.72. The van der Waals surface area contributed by atoms with E-state index in [0.29, 0.717) is 5.92 Å². The summed E-state index contributed by atoms with van der Waals surface area (Å²) in [4.78, 5) is 9.16. The second-order valence-electron chi connectivity index (χ2n) is 6.98. The van der Waals surface area contributed by atoms with Gasteiger partial charge in [-0.2, -0.15) is 0 Å². The summed E-state index contributed by atoms with van der Waals surface area (Å²) in [6, 6.07) is 17.1. The highest BCUT2D eigenvalue weighted by atomic mass is 16.5. The third-order valence-corrected chi connectivity index (χ3v) is 5.43. The van der Waals surface area contributed by atoms with Gasteiger partial charge < -0.3 is 10.1 Å². The molecule has 1 saturated heterocycles. The van der Waals surface area contributed by atoms with Gasteiger partial charge in [0.05, 0.1) is 24.0 Å². The number of fused-ring (bicyclic) bond motifs is 1. The number of ether oxygens (including phenoxy) is 1. The Kier molecular flexibility index (Phi) is 3.91. The minimum atomic E-state index is 0.258. The van der Waals surface area contributed by atoms with Crippen molar-refractivity contribution in [2.24, 2.45) is 0 Å². The van der Waals surface area contributed by atoms with E-state index in [1.54, 1.807) is 0 Å². The smallest absolute Gasteiger partial charge is 0.122 e. The molecule has 1 aromatic carbocycles. The van der Waals surface area contributed by atoms with E-state index in [9.17, 15) is 0 Å². The van der Waals surface area contributed by atoms with Crippen molar-refractivity contribution in [2.45, 2.75) is 24.8 Å². The lowest BCUT2D eigenvalue weighted by Gasteiger charge is -2.20. The Labute approximate surface area is 153 Å². The van der Waals surface area contributed by atoms with Crippen molar-refractivity contribution in [3.05, 3.63) is 77.7 Å². The molecule has 0 spiro atoms. The van der Waals surface area contributed by atoms with Crippen LogP contribution in [0.2, 0.25) is 0 Å². The first kappa shape index (κ1) is 15.5. The Balaban J connectivity index is 1.42. The molecule has 2 aromatic heterocycles. The maximum atomic E-state index is 5.65. The lowest BCUT2D eigenvalue weighted by Crippen LogP contribution is -2.18. The highest BCUT2D eigenvalue weighted by Gasteiger charge is 2.31. The van der Waals surface area contributed by atoms with E-state index in [4.69, 9.17) is 9.72 Å². The zero-order chi connectivity index (χ0) is 17.3. The molecule has 130 valence electrons. The van der Waals surface area contributed by atoms with Crippen LogP contribution in [0.25, 0.3) is 11.3 Å². The number of pyridine rings is 2. The van der Waals surface area contributed by atoms with E-state index in [1.165, 1.54) is 11.1 Å². The SMILES string of the molecule is c1ccc(-c2ccc(C3NCCC3c3ccc4c(c3)CCO4)nc2)nc1. The first-order valence-corrected chi connectivity index (χ1v) is 9.25. The summed E-state index contributed by atoms with van der Waals surface area (Å²) in [7, 11) is 0. The Morgan fingerprint density at radius 1 is 1.04 bits per heavy atom. The van der Waals surface area contributed by atoms with Gasteiger partial charge in [-0.3, -0.25) is 9.97 Å². The number of rotatable bonds is 3. The molecule has 2 atom stereocenters. The van der Waals surface area contributed by atoms with E-state index in [-0.39, 0.29) is 6.04 Å². The van der Waals surface area contributed by atoms with Gasteiger partial charge in [-0.25, -0.2) is 0 Å². The van der Waals surface area contributed by atoms with Gasteiger partial charge >= 0.3 is 0 Å². The van der Waals surface area contributed by atoms with Gasteiger partial charge in [-0.1, -0.05) is 18.2 Å². The van der Waals surface area contributed by atoms with E-state index >= 15 is 0 Å². The Morgan fingerprint density at radius 2 is 2.04 bits per heavy atom. The van der Waals surface area contributed by atoms with Crippen molar-refractivity contribution in [3.8, 4) is 17.0 Å². The number of nitrogens with one attached hydrogen (secondary N) is 1. The molecule has 4 heteroatoms. The summed E-state index contributed by atoms with van der Waals surface area (Å²) < 4.78 is 5.65. The van der Waals surface area contributed by atoms with Crippen molar-refractivity contribution in [1.82, 2.24) is 15.3 Å². The number of nitrogens with zero attached hydrogens (tertiary/aromatic N) is 2. The van der Waals surface area contributed by atoms with E-state index in [0.717, 1.165) is 48.7 Å². The molecule has 5 rings (SSSR count). The number of aromatic nitrogens is 2. The van der Waals surface area contributed by atoms with Gasteiger partial charge in [-0.05, 0) is 54.4 Å². The van der Waals surface area contributed by atoms with E-state index < -0.39 is 0 Å². The summed E-state index contributed by atoms with van der Waals surface area (Å²) in [6.45, 7) is 1.83. The molecule has 2 aliphatic heterocycles. The molecule has 1 N–H and O–H groups in total. The van der Waals surface area contributed by atoms with Crippen LogP contribution in [-0.4, -0.2) is 23.1 Å². The quantitative estimate of drug-likeness (QED) is 0.783. The second-order valence-corrected chi connectivity index (χ2v) is 6.98. The lowest BCUT2D eigenvalue weighted by molar-refractivity contribution is 0.356. The Morgan fingerprint density at radius 3 is 2.88 bits per heavy atom. The zero-order valence-electron chi connectivity index (χ0n) is 14.6. The number of hydrogen-bond acceptors (Lipinski definition) is 4. The molecule has 4 heterocycles. The van der Waals surface area contributed by atoms with Gasteiger partial charge in [-0.15, -0.1) is 0 Å². The number of hydrogen-bond donors (Lipinski definition) is 1. The highest BCUT2D eigenvalue weighted by molar-refractivity contribution is 5.57. The zero-order valence-corrected chi connectivity index (χ0v) is 14.6. The van der Waals surface area contributed by atoms with E-state index in [2.05, 4.69) is 40.6 Å². The van der Waals surface area contributed by atoms with Gasteiger partial charge in [0.1, 0.15) is 5.75 Å². The van der Waals surface area contributed by atoms with Crippen LogP contribution >= 0.6 is 0 Å². The fourth-order valence-electron chi connectivity index (χ4n) is 4.08. The average molecular weight is 343 g/mol. The van der Waals surface area contributed by atoms with Gasteiger partial charge in [0, 0.05) is 30.3 Å². The third kappa shape index (κ3) is 2.76. The molecule has 0 amide bonds. The molecule has 2 unspecified atom stereocenters. The van der Waals surface area contributed by atoms with Crippen LogP contribution in [0, 0.1) is 0 Å². The predicted octanol–water partition coefficient (Wildman–Crippen LogP) is 3.90. The van der Waals surface area contributed by atoms with Crippen molar-refractivity contribution >= 4 is 0 Å². The standard InChI is InChI=1S/C22H21N3O/c1-2-10-23-19(3-1)17-4-6-20(25-14-17)22-18(8-11-24-22)15-5-7-21-16(13-15)9-12-26-21/h1-7,10,13-14,18,22,24H,8-9,11-12H2. The minimum absolute atomic E-state index is 0.258. The maximum Gasteiger partial charge on any atom is 0.122 e. The summed E-state index contributed by atoms with van der Waals surface area (Å²) in [5.41, 5.74) is 5.84. The number of benzene rings is 1. The highest BCUT2D eigenvalue weighted by Crippen LogP contribution is 2.39. The maximum absolute atomic E-state index is 5.65. The lowest BCUT2D eigenvalue weighted by atomic mass is 9.88. The van der Waals surface area contributed by atoms with Crippen molar-refractivity contribution in [3.63, 3.8) is 0 Å². The van der Waals surface area contributed by atoms with Crippen molar-refractivity contribution < 1.29 is 4.74 Å². The monoisotopic (exact) mass is 343 g/mol. The molecule has 26 heavy (non-hydrogen) atoms. The van der Waals surface area contributed by atoms with Crippen molar-refractivity contribution in [1.29, 1.82) is 0 Å². The normalized spacial score (nSPS) is 21.4. The topological polar surface area (TPSA) is 47.0 Å². The van der Waals surface area contributed by atoms with Crippen LogP contribution in [0.15, 0.2) is 60.9 Å². The third-order valence-electron chi connectivity index (χ3n) is 5.43. The van der Waals surface area contributed by atoms with Gasteiger partial charge in [0.25, 0.3) is 0 Å². The van der Waals surface area contributed by atoms with Crippen LogP contribution in [-0.2, 0) is 6.42 Å². The first-order chi connectivity index (χ1) is 12.9. The molecule has 3 aromatic rings. The molecular weight excluding hydrogens is 322 g/mol. The summed E-state index contributed by atoms with van der Waals surface area (Å²) in [5.74, 6) is 1.50. The van der Waals surface area contributed by atoms with Crippen LogP contribution in [0.5, 0.6) is 5.75 Å². The summed E-state index contributed by atoms with van der Waals surface area (Å²) in [5, 5.41) is 3.64. The molecule has 0 radical (unpaired) electrons. The van der Waals surface area contributed by atoms with Gasteiger partial charge in [0.2, 0.25) is 0 Å². The van der Waals surface area contributed by atoms with E-state index in [1.807, 2.05) is 30.6 Å². The molecule has 0 bridgehead atoms. The fraction of sp³-hybridized carbons (Fsp3) is 0.273. The predicted molar refractivity (Wildman–Crippen MR) is 101 cm³/mol. The molecular formula is C22H21N3O. The second kappa shape index (κ2) is 6.54. The first-order valence-electron chi connectivity index (χ1n) is 9.25. The van der Waals surface area contributed by atoms with Crippen LogP contribution in [0.3, 0.4) is 0 Å². The summed E-state index contributed by atoms with van der Waals surface area (Å²) in [6.07, 6.45) is 5.90. The Bertz CT molecular complexity index is 908. The van der Waals surface area contributed by atoms with Crippen LogP contribution in [0.4, 0.5) is 0 Å². The van der Waals surface area contributed by atoms with Gasteiger partial charge in [0.15, 0.2) is 0 Å². The van der Waals surface area contributed by atoms with Crippen LogP contribution < -0.4 is 10.1 Å². The molecule has 4 nitrogen and oxygen atoms in total. The molecule has 0 saturated carbocycles.